The minimum Gasteiger partial charge on any atom is -0.478 e. The highest BCUT2D eigenvalue weighted by molar-refractivity contribution is 5.66. The summed E-state index contributed by atoms with van der Waals surface area (Å²) in [4.78, 5) is 20.5. The number of aromatic nitrogens is 5. The van der Waals surface area contributed by atoms with E-state index in [1.54, 1.807) is 12.4 Å². The third kappa shape index (κ3) is 4.56. The summed E-state index contributed by atoms with van der Waals surface area (Å²) in [5.41, 5.74) is 2.59. The topological polar surface area (TPSA) is 92.5 Å². The highest BCUT2D eigenvalue weighted by atomic mass is 16.5. The van der Waals surface area contributed by atoms with E-state index in [1.165, 1.54) is 19.3 Å². The van der Waals surface area contributed by atoms with Crippen LogP contribution in [0.4, 0.5) is 29.0 Å². The second-order valence-electron chi connectivity index (χ2n) is 7.66. The Hall–Kier alpha value is -3.88. The van der Waals surface area contributed by atoms with Crippen LogP contribution >= 0.6 is 0 Å². The molecule has 1 saturated heterocycles. The van der Waals surface area contributed by atoms with E-state index in [0.29, 0.717) is 18.4 Å². The third-order valence-corrected chi connectivity index (χ3v) is 5.35. The molecule has 4 aromatic heterocycles. The number of piperidine rings is 1. The maximum Gasteiger partial charge on any atom is 0.231 e. The minimum absolute atomic E-state index is 0.517. The molecule has 0 aromatic carbocycles. The first kappa shape index (κ1) is 20.0. The molecule has 0 amide bonds. The summed E-state index contributed by atoms with van der Waals surface area (Å²) in [5, 5.41) is 6.69. The molecule has 32 heavy (non-hydrogen) atoms. The Labute approximate surface area is 186 Å². The summed E-state index contributed by atoms with van der Waals surface area (Å²) in [6.07, 6.45) is 11.0. The van der Waals surface area contributed by atoms with Gasteiger partial charge in [-0.15, -0.1) is 0 Å². The van der Waals surface area contributed by atoms with Gasteiger partial charge < -0.3 is 24.7 Å². The highest BCUT2D eigenvalue weighted by Gasteiger charge is 2.15. The Balaban J connectivity index is 1.43. The molecule has 0 bridgehead atoms. The highest BCUT2D eigenvalue weighted by Crippen LogP contribution is 2.26. The van der Waals surface area contributed by atoms with Crippen molar-refractivity contribution in [2.75, 3.05) is 35.2 Å². The summed E-state index contributed by atoms with van der Waals surface area (Å²) in [7, 11) is 0. The predicted octanol–water partition coefficient (Wildman–Crippen LogP) is 4.40. The number of fused-ring (bicyclic) bond motifs is 1. The van der Waals surface area contributed by atoms with Gasteiger partial charge in [0.1, 0.15) is 17.3 Å². The van der Waals surface area contributed by atoms with E-state index in [4.69, 9.17) is 14.7 Å². The monoisotopic (exact) mass is 430 g/mol. The van der Waals surface area contributed by atoms with E-state index in [9.17, 15) is 0 Å². The van der Waals surface area contributed by atoms with Crippen LogP contribution in [0.25, 0.3) is 5.65 Å². The fourth-order valence-corrected chi connectivity index (χ4v) is 3.79. The Morgan fingerprint density at radius 2 is 1.84 bits per heavy atom. The third-order valence-electron chi connectivity index (χ3n) is 5.35. The average Bonchev–Trinajstić information content (AvgIpc) is 3.29. The molecule has 1 fully saturated rings. The van der Waals surface area contributed by atoms with Crippen molar-refractivity contribution in [1.29, 1.82) is 0 Å². The Morgan fingerprint density at radius 1 is 0.938 bits per heavy atom. The maximum absolute atomic E-state index is 5.43. The molecule has 0 spiro atoms. The number of anilines is 5. The zero-order chi connectivity index (χ0) is 21.8. The Morgan fingerprint density at radius 3 is 2.66 bits per heavy atom. The predicted molar refractivity (Wildman–Crippen MR) is 125 cm³/mol. The molecule has 1 aliphatic heterocycles. The Bertz CT molecular complexity index is 1180. The van der Waals surface area contributed by atoms with Gasteiger partial charge in [-0.3, -0.25) is 0 Å². The smallest absolute Gasteiger partial charge is 0.231 e. The minimum atomic E-state index is 0.517. The SMILES string of the molecule is CCOc1ccc(Nc2nc(Nc3ccn4ccnc4c3)cc(N3CCCCC3)n2)cn1. The summed E-state index contributed by atoms with van der Waals surface area (Å²) < 4.78 is 7.39. The van der Waals surface area contributed by atoms with Gasteiger partial charge in [0.25, 0.3) is 0 Å². The number of hydrogen-bond acceptors (Lipinski definition) is 8. The van der Waals surface area contributed by atoms with Crippen LogP contribution in [0.3, 0.4) is 0 Å². The summed E-state index contributed by atoms with van der Waals surface area (Å²) >= 11 is 0. The summed E-state index contributed by atoms with van der Waals surface area (Å²) in [6.45, 7) is 4.52. The maximum atomic E-state index is 5.43. The standard InChI is InChI=1S/C23H26N8O/c1-2-32-22-7-6-18(16-25-22)27-23-28-19(15-21(29-23)30-10-4-3-5-11-30)26-17-8-12-31-13-9-24-20(31)14-17/h6-9,12-16H,2-5,10-11H2,1H3,(H2,26,27,28,29). The van der Waals surface area contributed by atoms with Crippen molar-refractivity contribution in [3.8, 4) is 5.88 Å². The average molecular weight is 431 g/mol. The lowest BCUT2D eigenvalue weighted by molar-refractivity contribution is 0.327. The zero-order valence-corrected chi connectivity index (χ0v) is 18.0. The lowest BCUT2D eigenvalue weighted by Crippen LogP contribution is -2.30. The van der Waals surface area contributed by atoms with E-state index in [1.807, 2.05) is 54.0 Å². The van der Waals surface area contributed by atoms with Crippen molar-refractivity contribution in [3.05, 3.63) is 55.1 Å². The van der Waals surface area contributed by atoms with Crippen LogP contribution in [0.15, 0.2) is 55.1 Å². The van der Waals surface area contributed by atoms with Crippen LogP contribution in [-0.4, -0.2) is 44.0 Å². The second-order valence-corrected chi connectivity index (χ2v) is 7.66. The summed E-state index contributed by atoms with van der Waals surface area (Å²) in [6, 6.07) is 9.74. The van der Waals surface area contributed by atoms with Gasteiger partial charge in [0, 0.05) is 55.6 Å². The zero-order valence-electron chi connectivity index (χ0n) is 18.0. The van der Waals surface area contributed by atoms with Gasteiger partial charge in [-0.05, 0) is 38.3 Å². The van der Waals surface area contributed by atoms with Crippen molar-refractivity contribution in [2.45, 2.75) is 26.2 Å². The number of nitrogens with one attached hydrogen (secondary N) is 2. The number of imidazole rings is 1. The number of nitrogens with zero attached hydrogens (tertiary/aromatic N) is 6. The van der Waals surface area contributed by atoms with Crippen LogP contribution < -0.4 is 20.3 Å². The molecule has 164 valence electrons. The van der Waals surface area contributed by atoms with Crippen molar-refractivity contribution in [1.82, 2.24) is 24.3 Å². The van der Waals surface area contributed by atoms with Gasteiger partial charge in [-0.1, -0.05) is 0 Å². The fourth-order valence-electron chi connectivity index (χ4n) is 3.79. The quantitative estimate of drug-likeness (QED) is 0.446. The normalized spacial score (nSPS) is 13.8. The molecule has 9 heteroatoms. The van der Waals surface area contributed by atoms with E-state index in [-0.39, 0.29) is 0 Å². The van der Waals surface area contributed by atoms with Crippen LogP contribution in [0.5, 0.6) is 5.88 Å². The largest absolute Gasteiger partial charge is 0.478 e. The first-order valence-electron chi connectivity index (χ1n) is 11.0. The van der Waals surface area contributed by atoms with Crippen LogP contribution in [0.1, 0.15) is 26.2 Å². The molecular weight excluding hydrogens is 404 g/mol. The molecule has 0 unspecified atom stereocenters. The van der Waals surface area contributed by atoms with E-state index in [0.717, 1.165) is 41.7 Å². The van der Waals surface area contributed by atoms with E-state index >= 15 is 0 Å². The first-order valence-corrected chi connectivity index (χ1v) is 11.0. The molecule has 5 heterocycles. The number of hydrogen-bond donors (Lipinski definition) is 2. The molecule has 0 aliphatic carbocycles. The molecule has 9 nitrogen and oxygen atoms in total. The van der Waals surface area contributed by atoms with Gasteiger partial charge in [0.05, 0.1) is 18.5 Å². The molecule has 0 saturated carbocycles. The molecule has 1 aliphatic rings. The van der Waals surface area contributed by atoms with Crippen LogP contribution in [0, 0.1) is 0 Å². The van der Waals surface area contributed by atoms with Gasteiger partial charge in [0.15, 0.2) is 0 Å². The lowest BCUT2D eigenvalue weighted by atomic mass is 10.1. The first-order chi connectivity index (χ1) is 15.8. The van der Waals surface area contributed by atoms with E-state index in [2.05, 4.69) is 25.5 Å². The van der Waals surface area contributed by atoms with Crippen molar-refractivity contribution < 1.29 is 4.74 Å². The van der Waals surface area contributed by atoms with Gasteiger partial charge in [-0.2, -0.15) is 9.97 Å². The van der Waals surface area contributed by atoms with Crippen LogP contribution in [-0.2, 0) is 0 Å². The second kappa shape index (κ2) is 9.09. The number of pyridine rings is 2. The number of rotatable bonds is 7. The molecule has 0 atom stereocenters. The number of ether oxygens (including phenoxy) is 1. The van der Waals surface area contributed by atoms with Gasteiger partial charge in [0.2, 0.25) is 11.8 Å². The molecule has 0 radical (unpaired) electrons. The summed E-state index contributed by atoms with van der Waals surface area (Å²) in [5.74, 6) is 2.74. The molecule has 4 aromatic rings. The van der Waals surface area contributed by atoms with Gasteiger partial charge in [-0.25, -0.2) is 9.97 Å². The van der Waals surface area contributed by atoms with Crippen molar-refractivity contribution >= 4 is 34.6 Å². The van der Waals surface area contributed by atoms with E-state index < -0.39 is 0 Å². The fraction of sp³-hybridized carbons (Fsp3) is 0.304. The molecule has 5 rings (SSSR count). The Kier molecular flexibility index (Phi) is 5.69. The van der Waals surface area contributed by atoms with Crippen molar-refractivity contribution in [2.24, 2.45) is 0 Å². The van der Waals surface area contributed by atoms with Crippen LogP contribution in [0.2, 0.25) is 0 Å². The molecular formula is C23H26N8O. The molecule has 2 N–H and O–H groups in total. The van der Waals surface area contributed by atoms with Gasteiger partial charge >= 0.3 is 0 Å². The lowest BCUT2D eigenvalue weighted by Gasteiger charge is -2.28. The van der Waals surface area contributed by atoms with Crippen molar-refractivity contribution in [3.63, 3.8) is 0 Å².